The number of hydrogen-bond acceptors (Lipinski definition) is 3. The van der Waals surface area contributed by atoms with Crippen LogP contribution in [0, 0.1) is 0 Å². The third kappa shape index (κ3) is 3.51. The SMILES string of the molecule is Clc1cc(Cl)c2c(c1)C(NCCCn1cccn1)CCO2. The standard InChI is InChI=1S/C15H17Cl2N3O/c16-11-9-12-14(3-8-21-15(12)13(17)10-11)18-4-1-6-20-7-2-5-19-20/h2,5,7,9-10,14,18H,1,3-4,6,8H2. The average molecular weight is 326 g/mol. The maximum Gasteiger partial charge on any atom is 0.142 e. The molecule has 0 saturated heterocycles. The van der Waals surface area contributed by atoms with Crippen molar-refractivity contribution in [3.63, 3.8) is 0 Å². The predicted molar refractivity (Wildman–Crippen MR) is 84.2 cm³/mol. The number of nitrogens with one attached hydrogen (secondary N) is 1. The van der Waals surface area contributed by atoms with Gasteiger partial charge in [-0.1, -0.05) is 23.2 Å². The summed E-state index contributed by atoms with van der Waals surface area (Å²) in [6.45, 7) is 2.49. The Bertz CT molecular complexity index is 601. The molecular formula is C15H17Cl2N3O. The zero-order chi connectivity index (χ0) is 14.7. The molecule has 1 unspecified atom stereocenters. The number of benzene rings is 1. The first-order valence-corrected chi connectivity index (χ1v) is 7.82. The van der Waals surface area contributed by atoms with Crippen molar-refractivity contribution in [1.29, 1.82) is 0 Å². The Morgan fingerprint density at radius 3 is 3.10 bits per heavy atom. The van der Waals surface area contributed by atoms with Gasteiger partial charge in [0.05, 0.1) is 11.6 Å². The molecule has 0 fully saturated rings. The van der Waals surface area contributed by atoms with E-state index in [0.29, 0.717) is 16.7 Å². The van der Waals surface area contributed by atoms with Crippen LogP contribution in [0.2, 0.25) is 10.0 Å². The summed E-state index contributed by atoms with van der Waals surface area (Å²) < 4.78 is 7.60. The lowest BCUT2D eigenvalue weighted by molar-refractivity contribution is 0.252. The molecule has 0 amide bonds. The van der Waals surface area contributed by atoms with Crippen molar-refractivity contribution in [2.24, 2.45) is 0 Å². The number of fused-ring (bicyclic) bond motifs is 1. The molecule has 1 aliphatic rings. The third-order valence-electron chi connectivity index (χ3n) is 3.58. The van der Waals surface area contributed by atoms with Gasteiger partial charge >= 0.3 is 0 Å². The molecule has 1 aromatic heterocycles. The van der Waals surface area contributed by atoms with E-state index < -0.39 is 0 Å². The van der Waals surface area contributed by atoms with Crippen molar-refractivity contribution in [3.8, 4) is 5.75 Å². The molecule has 0 bridgehead atoms. The van der Waals surface area contributed by atoms with Crippen LogP contribution in [0.1, 0.15) is 24.4 Å². The molecule has 21 heavy (non-hydrogen) atoms. The first kappa shape index (κ1) is 14.7. The molecule has 1 N–H and O–H groups in total. The summed E-state index contributed by atoms with van der Waals surface area (Å²) >= 11 is 12.3. The lowest BCUT2D eigenvalue weighted by atomic mass is 10.0. The summed E-state index contributed by atoms with van der Waals surface area (Å²) in [7, 11) is 0. The molecule has 1 atom stereocenters. The van der Waals surface area contributed by atoms with Crippen molar-refractivity contribution in [1.82, 2.24) is 15.1 Å². The fraction of sp³-hybridized carbons (Fsp3) is 0.400. The summed E-state index contributed by atoms with van der Waals surface area (Å²) in [6.07, 6.45) is 5.71. The molecule has 2 aromatic rings. The van der Waals surface area contributed by atoms with Crippen molar-refractivity contribution in [3.05, 3.63) is 46.2 Å². The minimum Gasteiger partial charge on any atom is -0.492 e. The van der Waals surface area contributed by atoms with Gasteiger partial charge in [0.15, 0.2) is 0 Å². The smallest absolute Gasteiger partial charge is 0.142 e. The zero-order valence-electron chi connectivity index (χ0n) is 11.6. The second-order valence-electron chi connectivity index (χ2n) is 5.07. The quantitative estimate of drug-likeness (QED) is 0.852. The van der Waals surface area contributed by atoms with Crippen LogP contribution in [0.4, 0.5) is 0 Å². The molecule has 6 heteroatoms. The molecule has 0 saturated carbocycles. The summed E-state index contributed by atoms with van der Waals surface area (Å²) in [5, 5.41) is 8.98. The van der Waals surface area contributed by atoms with E-state index in [0.717, 1.165) is 37.2 Å². The highest BCUT2D eigenvalue weighted by atomic mass is 35.5. The van der Waals surface area contributed by atoms with E-state index in [9.17, 15) is 0 Å². The highest BCUT2D eigenvalue weighted by Crippen LogP contribution is 2.39. The van der Waals surface area contributed by atoms with E-state index in [4.69, 9.17) is 27.9 Å². The maximum atomic E-state index is 6.19. The number of aryl methyl sites for hydroxylation is 1. The second kappa shape index (κ2) is 6.69. The normalized spacial score (nSPS) is 17.3. The van der Waals surface area contributed by atoms with E-state index in [1.165, 1.54) is 0 Å². The molecule has 4 nitrogen and oxygen atoms in total. The predicted octanol–water partition coefficient (Wildman–Crippen LogP) is 3.69. The van der Waals surface area contributed by atoms with Crippen LogP contribution in [0.15, 0.2) is 30.6 Å². The van der Waals surface area contributed by atoms with Crippen LogP contribution in [0.5, 0.6) is 5.75 Å². The van der Waals surface area contributed by atoms with Gasteiger partial charge < -0.3 is 10.1 Å². The summed E-state index contributed by atoms with van der Waals surface area (Å²) in [6, 6.07) is 5.84. The number of nitrogens with zero attached hydrogens (tertiary/aromatic N) is 2. The Hall–Kier alpha value is -1.23. The highest BCUT2D eigenvalue weighted by molar-refractivity contribution is 6.35. The van der Waals surface area contributed by atoms with E-state index in [1.807, 2.05) is 23.0 Å². The van der Waals surface area contributed by atoms with Gasteiger partial charge in [-0.15, -0.1) is 0 Å². The van der Waals surface area contributed by atoms with Gasteiger partial charge in [-0.25, -0.2) is 0 Å². The van der Waals surface area contributed by atoms with E-state index in [-0.39, 0.29) is 6.04 Å². The Labute approximate surface area is 134 Å². The fourth-order valence-electron chi connectivity index (χ4n) is 2.59. The van der Waals surface area contributed by atoms with E-state index in [1.54, 1.807) is 12.3 Å². The van der Waals surface area contributed by atoms with Gasteiger partial charge in [0, 0.05) is 42.0 Å². The molecule has 0 radical (unpaired) electrons. The lowest BCUT2D eigenvalue weighted by Crippen LogP contribution is -2.28. The molecule has 1 aromatic carbocycles. The Morgan fingerprint density at radius 2 is 2.29 bits per heavy atom. The van der Waals surface area contributed by atoms with Crippen molar-refractivity contribution in [2.45, 2.75) is 25.4 Å². The van der Waals surface area contributed by atoms with Crippen molar-refractivity contribution in [2.75, 3.05) is 13.2 Å². The van der Waals surface area contributed by atoms with Gasteiger partial charge in [-0.3, -0.25) is 4.68 Å². The highest BCUT2D eigenvalue weighted by Gasteiger charge is 2.23. The summed E-state index contributed by atoms with van der Waals surface area (Å²) in [5.41, 5.74) is 1.05. The second-order valence-corrected chi connectivity index (χ2v) is 5.92. The number of halogens is 2. The molecule has 1 aliphatic heterocycles. The Kier molecular flexibility index (Phi) is 4.68. The number of rotatable bonds is 5. The minimum atomic E-state index is 0.238. The van der Waals surface area contributed by atoms with Crippen LogP contribution >= 0.6 is 23.2 Å². The maximum absolute atomic E-state index is 6.19. The molecule has 3 rings (SSSR count). The Balaban J connectivity index is 1.60. The van der Waals surface area contributed by atoms with Crippen LogP contribution in [0.25, 0.3) is 0 Å². The molecule has 2 heterocycles. The van der Waals surface area contributed by atoms with Crippen molar-refractivity contribution < 1.29 is 4.74 Å². The fourth-order valence-corrected chi connectivity index (χ4v) is 3.15. The first-order valence-electron chi connectivity index (χ1n) is 7.06. The zero-order valence-corrected chi connectivity index (χ0v) is 13.1. The Morgan fingerprint density at radius 1 is 1.38 bits per heavy atom. The van der Waals surface area contributed by atoms with Crippen LogP contribution in [0.3, 0.4) is 0 Å². The first-order chi connectivity index (χ1) is 10.2. The van der Waals surface area contributed by atoms with Gasteiger partial charge in [0.1, 0.15) is 5.75 Å². The molecule has 0 spiro atoms. The monoisotopic (exact) mass is 325 g/mol. The molecule has 112 valence electrons. The molecule has 0 aliphatic carbocycles. The van der Waals surface area contributed by atoms with Crippen LogP contribution in [-0.2, 0) is 6.54 Å². The third-order valence-corrected chi connectivity index (χ3v) is 4.08. The number of hydrogen-bond donors (Lipinski definition) is 1. The van der Waals surface area contributed by atoms with E-state index in [2.05, 4.69) is 10.4 Å². The van der Waals surface area contributed by atoms with Gasteiger partial charge in [0.2, 0.25) is 0 Å². The van der Waals surface area contributed by atoms with E-state index >= 15 is 0 Å². The molecular weight excluding hydrogens is 309 g/mol. The summed E-state index contributed by atoms with van der Waals surface area (Å²) in [4.78, 5) is 0. The lowest BCUT2D eigenvalue weighted by Gasteiger charge is -2.27. The topological polar surface area (TPSA) is 39.1 Å². The van der Waals surface area contributed by atoms with Gasteiger partial charge in [-0.2, -0.15) is 5.10 Å². The van der Waals surface area contributed by atoms with Gasteiger partial charge in [-0.05, 0) is 31.2 Å². The summed E-state index contributed by atoms with van der Waals surface area (Å²) in [5.74, 6) is 0.761. The average Bonchev–Trinajstić information content (AvgIpc) is 2.97. The van der Waals surface area contributed by atoms with Crippen molar-refractivity contribution >= 4 is 23.2 Å². The van der Waals surface area contributed by atoms with Crippen LogP contribution in [-0.4, -0.2) is 22.9 Å². The number of aromatic nitrogens is 2. The largest absolute Gasteiger partial charge is 0.492 e. The minimum absolute atomic E-state index is 0.238. The van der Waals surface area contributed by atoms with Crippen LogP contribution < -0.4 is 10.1 Å². The van der Waals surface area contributed by atoms with Gasteiger partial charge in [0.25, 0.3) is 0 Å². The number of ether oxygens (including phenoxy) is 1.